The molecule has 4 rings (SSSR count). The third-order valence-corrected chi connectivity index (χ3v) is 6.10. The number of halogens is 2. The van der Waals surface area contributed by atoms with Gasteiger partial charge in [0.15, 0.2) is 0 Å². The Bertz CT molecular complexity index is 1250. The molecule has 9 nitrogen and oxygen atoms in total. The molecule has 1 aliphatic heterocycles. The second-order valence-corrected chi connectivity index (χ2v) is 8.65. The molecule has 2 heterocycles. The predicted octanol–water partition coefficient (Wildman–Crippen LogP) is 4.42. The lowest BCUT2D eigenvalue weighted by Crippen LogP contribution is -2.32. The Kier molecular flexibility index (Phi) is 7.70. The van der Waals surface area contributed by atoms with Gasteiger partial charge in [0.2, 0.25) is 17.7 Å². The fourth-order valence-electron chi connectivity index (χ4n) is 3.73. The van der Waals surface area contributed by atoms with Crippen LogP contribution >= 0.6 is 23.2 Å². The van der Waals surface area contributed by atoms with Crippen molar-refractivity contribution in [3.63, 3.8) is 0 Å². The van der Waals surface area contributed by atoms with Crippen LogP contribution < -0.4 is 25.6 Å². The maximum absolute atomic E-state index is 12.8. The van der Waals surface area contributed by atoms with Crippen molar-refractivity contribution in [1.82, 2.24) is 15.3 Å². The fraction of sp³-hybridized carbons (Fsp3) is 0.250. The van der Waals surface area contributed by atoms with Gasteiger partial charge >= 0.3 is 0 Å². The van der Waals surface area contributed by atoms with E-state index in [0.29, 0.717) is 35.2 Å². The molecule has 1 aliphatic rings. The maximum atomic E-state index is 12.8. The zero-order chi connectivity index (χ0) is 24.9. The van der Waals surface area contributed by atoms with Crippen LogP contribution in [-0.4, -0.2) is 48.5 Å². The third-order valence-electron chi connectivity index (χ3n) is 5.47. The molecule has 3 aromatic rings. The number of methoxy groups -OCH3 is 1. The van der Waals surface area contributed by atoms with E-state index >= 15 is 0 Å². The van der Waals surface area contributed by atoms with Gasteiger partial charge in [0.1, 0.15) is 5.56 Å². The number of para-hydroxylation sites is 1. The van der Waals surface area contributed by atoms with Crippen LogP contribution in [0.2, 0.25) is 10.0 Å². The van der Waals surface area contributed by atoms with Gasteiger partial charge in [-0.2, -0.15) is 4.98 Å². The smallest absolute Gasteiger partial charge is 0.262 e. The normalized spacial score (nSPS) is 13.8. The molecule has 35 heavy (non-hydrogen) atoms. The van der Waals surface area contributed by atoms with Crippen LogP contribution in [0.4, 0.5) is 23.0 Å². The fourth-order valence-corrected chi connectivity index (χ4v) is 4.22. The number of carbonyl (C=O) groups is 2. The van der Waals surface area contributed by atoms with Crippen LogP contribution in [-0.2, 0) is 4.79 Å². The number of benzene rings is 2. The van der Waals surface area contributed by atoms with Crippen molar-refractivity contribution in [3.8, 4) is 5.88 Å². The SMILES string of the molecule is COc1nc(Nc2ccc(N3CCNCCC3=O)c(C)c2)ncc1C(=O)Nc1c(Cl)cccc1Cl. The first kappa shape index (κ1) is 24.7. The number of anilines is 4. The summed E-state index contributed by atoms with van der Waals surface area (Å²) < 4.78 is 5.32. The topological polar surface area (TPSA) is 108 Å². The van der Waals surface area contributed by atoms with E-state index in [-0.39, 0.29) is 23.3 Å². The van der Waals surface area contributed by atoms with Crippen LogP contribution in [0.5, 0.6) is 5.88 Å². The summed E-state index contributed by atoms with van der Waals surface area (Å²) in [6.07, 6.45) is 1.83. The van der Waals surface area contributed by atoms with Gasteiger partial charge in [-0.1, -0.05) is 29.3 Å². The molecule has 2 amide bonds. The lowest BCUT2D eigenvalue weighted by molar-refractivity contribution is -0.118. The number of aryl methyl sites for hydroxylation is 1. The Hall–Kier alpha value is -3.40. The molecule has 0 saturated carbocycles. The first-order chi connectivity index (χ1) is 16.9. The third kappa shape index (κ3) is 5.64. The quantitative estimate of drug-likeness (QED) is 0.446. The highest BCUT2D eigenvalue weighted by atomic mass is 35.5. The molecule has 1 aromatic heterocycles. The van der Waals surface area contributed by atoms with Crippen LogP contribution in [0.1, 0.15) is 22.3 Å². The minimum absolute atomic E-state index is 0.0826. The van der Waals surface area contributed by atoms with Crippen molar-refractivity contribution in [2.45, 2.75) is 13.3 Å². The van der Waals surface area contributed by atoms with Crippen LogP contribution in [0, 0.1) is 6.92 Å². The van der Waals surface area contributed by atoms with Gasteiger partial charge in [0.05, 0.1) is 22.8 Å². The number of hydrogen-bond acceptors (Lipinski definition) is 7. The summed E-state index contributed by atoms with van der Waals surface area (Å²) >= 11 is 12.3. The van der Waals surface area contributed by atoms with Crippen molar-refractivity contribution in [3.05, 3.63) is 63.8 Å². The molecule has 2 aromatic carbocycles. The van der Waals surface area contributed by atoms with E-state index in [4.69, 9.17) is 27.9 Å². The summed E-state index contributed by atoms with van der Waals surface area (Å²) in [6, 6.07) is 10.6. The van der Waals surface area contributed by atoms with Gasteiger partial charge < -0.3 is 25.6 Å². The van der Waals surface area contributed by atoms with E-state index in [9.17, 15) is 9.59 Å². The number of ether oxygens (including phenoxy) is 1. The first-order valence-corrected chi connectivity index (χ1v) is 11.7. The molecule has 0 atom stereocenters. The summed E-state index contributed by atoms with van der Waals surface area (Å²) in [7, 11) is 1.41. The predicted molar refractivity (Wildman–Crippen MR) is 137 cm³/mol. The molecule has 1 saturated heterocycles. The number of nitrogens with zero attached hydrogens (tertiary/aromatic N) is 3. The van der Waals surface area contributed by atoms with E-state index in [0.717, 1.165) is 23.5 Å². The number of carbonyl (C=O) groups excluding carboxylic acids is 2. The molecular formula is C24H24Cl2N6O3. The van der Waals surface area contributed by atoms with Gasteiger partial charge in [0.25, 0.3) is 5.91 Å². The molecule has 0 spiro atoms. The highest BCUT2D eigenvalue weighted by Gasteiger charge is 2.21. The highest BCUT2D eigenvalue weighted by Crippen LogP contribution is 2.31. The molecule has 3 N–H and O–H groups in total. The number of nitrogens with one attached hydrogen (secondary N) is 3. The van der Waals surface area contributed by atoms with Crippen molar-refractivity contribution >= 4 is 58.0 Å². The Morgan fingerprint density at radius 2 is 1.94 bits per heavy atom. The van der Waals surface area contributed by atoms with Gasteiger partial charge in [-0.05, 0) is 42.8 Å². The first-order valence-electron chi connectivity index (χ1n) is 10.9. The van der Waals surface area contributed by atoms with Crippen molar-refractivity contribution < 1.29 is 14.3 Å². The Balaban J connectivity index is 1.52. The van der Waals surface area contributed by atoms with Crippen LogP contribution in [0.25, 0.3) is 0 Å². The molecule has 0 unspecified atom stereocenters. The van der Waals surface area contributed by atoms with E-state index in [1.54, 1.807) is 23.1 Å². The summed E-state index contributed by atoms with van der Waals surface area (Å²) in [5.74, 6) is -0.0883. The largest absolute Gasteiger partial charge is 0.480 e. The Morgan fingerprint density at radius 1 is 1.17 bits per heavy atom. The van der Waals surface area contributed by atoms with Crippen LogP contribution in [0.15, 0.2) is 42.6 Å². The lowest BCUT2D eigenvalue weighted by Gasteiger charge is -2.23. The molecule has 1 fully saturated rings. The number of amides is 2. The van der Waals surface area contributed by atoms with Gasteiger partial charge in [-0.15, -0.1) is 0 Å². The summed E-state index contributed by atoms with van der Waals surface area (Å²) in [6.45, 7) is 4.00. The van der Waals surface area contributed by atoms with Gasteiger partial charge in [0, 0.05) is 43.6 Å². The van der Waals surface area contributed by atoms with E-state index in [1.165, 1.54) is 13.3 Å². The number of aromatic nitrogens is 2. The number of hydrogen-bond donors (Lipinski definition) is 3. The zero-order valence-electron chi connectivity index (χ0n) is 19.2. The van der Waals surface area contributed by atoms with E-state index in [2.05, 4.69) is 25.9 Å². The average molecular weight is 515 g/mol. The standard InChI is InChI=1S/C24H24Cl2N6O3/c1-14-12-15(6-7-19(14)32-11-10-27-9-8-20(32)33)29-24-28-13-16(23(31-24)35-2)22(34)30-21-17(25)4-3-5-18(21)26/h3-7,12-13,27H,8-11H2,1-2H3,(H,30,34)(H,28,29,31). The second-order valence-electron chi connectivity index (χ2n) is 7.84. The Morgan fingerprint density at radius 3 is 2.66 bits per heavy atom. The maximum Gasteiger partial charge on any atom is 0.262 e. The van der Waals surface area contributed by atoms with Crippen molar-refractivity contribution in [2.75, 3.05) is 42.3 Å². The second kappa shape index (κ2) is 10.9. The monoisotopic (exact) mass is 514 g/mol. The Labute approximate surface area is 212 Å². The molecule has 0 bridgehead atoms. The van der Waals surface area contributed by atoms with Gasteiger partial charge in [-0.25, -0.2) is 4.98 Å². The molecule has 0 aliphatic carbocycles. The molecular weight excluding hydrogens is 491 g/mol. The lowest BCUT2D eigenvalue weighted by atomic mass is 10.1. The van der Waals surface area contributed by atoms with E-state index in [1.807, 2.05) is 25.1 Å². The van der Waals surface area contributed by atoms with Crippen LogP contribution in [0.3, 0.4) is 0 Å². The summed E-state index contributed by atoms with van der Waals surface area (Å²) in [5, 5.41) is 9.64. The zero-order valence-corrected chi connectivity index (χ0v) is 20.7. The summed E-state index contributed by atoms with van der Waals surface area (Å²) in [4.78, 5) is 35.6. The molecule has 11 heteroatoms. The minimum Gasteiger partial charge on any atom is -0.480 e. The van der Waals surface area contributed by atoms with Gasteiger partial charge in [-0.3, -0.25) is 9.59 Å². The average Bonchev–Trinajstić information content (AvgIpc) is 3.05. The molecule has 182 valence electrons. The van der Waals surface area contributed by atoms with Crippen molar-refractivity contribution in [1.29, 1.82) is 0 Å². The van der Waals surface area contributed by atoms with Crippen molar-refractivity contribution in [2.24, 2.45) is 0 Å². The minimum atomic E-state index is -0.514. The summed E-state index contributed by atoms with van der Waals surface area (Å²) in [5.41, 5.74) is 2.94. The number of rotatable bonds is 6. The van der Waals surface area contributed by atoms with E-state index < -0.39 is 5.91 Å². The molecule has 0 radical (unpaired) electrons. The highest BCUT2D eigenvalue weighted by molar-refractivity contribution is 6.40.